The van der Waals surface area contributed by atoms with Crippen LogP contribution in [-0.2, 0) is 11.4 Å². The van der Waals surface area contributed by atoms with E-state index in [4.69, 9.17) is 9.84 Å². The fourth-order valence-electron chi connectivity index (χ4n) is 1.77. The van der Waals surface area contributed by atoms with E-state index in [1.807, 2.05) is 13.8 Å². The minimum Gasteiger partial charge on any atom is -0.480 e. The molecule has 1 rings (SSSR count). The summed E-state index contributed by atoms with van der Waals surface area (Å²) in [5, 5.41) is 9.04. The van der Waals surface area contributed by atoms with E-state index in [0.717, 1.165) is 10.0 Å². The zero-order chi connectivity index (χ0) is 14.4. The normalized spacial score (nSPS) is 12.1. The number of aliphatic hydroxyl groups excluding tert-OH is 1. The van der Waals surface area contributed by atoms with Crippen molar-refractivity contribution in [3.8, 4) is 5.75 Å². The first-order chi connectivity index (χ1) is 9.03. The number of hydrogen-bond donors (Lipinski definition) is 1. The third-order valence-corrected chi connectivity index (χ3v) is 3.53. The van der Waals surface area contributed by atoms with E-state index in [2.05, 4.69) is 15.9 Å². The van der Waals surface area contributed by atoms with Crippen molar-refractivity contribution in [2.45, 2.75) is 33.5 Å². The predicted octanol–water partition coefficient (Wildman–Crippen LogP) is 2.58. The SMILES string of the molecule is CCN(CC)C(=O)C(C)Oc1ccc(CO)cc1Br. The molecule has 4 nitrogen and oxygen atoms in total. The average Bonchev–Trinajstić information content (AvgIpc) is 2.42. The Labute approximate surface area is 122 Å². The highest BCUT2D eigenvalue weighted by atomic mass is 79.9. The van der Waals surface area contributed by atoms with E-state index in [-0.39, 0.29) is 12.5 Å². The van der Waals surface area contributed by atoms with Gasteiger partial charge in [-0.15, -0.1) is 0 Å². The van der Waals surface area contributed by atoms with Gasteiger partial charge in [0.05, 0.1) is 11.1 Å². The van der Waals surface area contributed by atoms with Crippen molar-refractivity contribution in [2.24, 2.45) is 0 Å². The highest BCUT2D eigenvalue weighted by Crippen LogP contribution is 2.27. The van der Waals surface area contributed by atoms with Crippen LogP contribution in [0.5, 0.6) is 5.75 Å². The lowest BCUT2D eigenvalue weighted by molar-refractivity contribution is -0.137. The molecule has 0 bridgehead atoms. The highest BCUT2D eigenvalue weighted by molar-refractivity contribution is 9.10. The fourth-order valence-corrected chi connectivity index (χ4v) is 2.29. The molecule has 19 heavy (non-hydrogen) atoms. The molecule has 5 heteroatoms. The van der Waals surface area contributed by atoms with Crippen LogP contribution in [0.2, 0.25) is 0 Å². The van der Waals surface area contributed by atoms with E-state index in [1.54, 1.807) is 30.0 Å². The number of aliphatic hydroxyl groups is 1. The third-order valence-electron chi connectivity index (χ3n) is 2.91. The smallest absolute Gasteiger partial charge is 0.263 e. The van der Waals surface area contributed by atoms with Crippen LogP contribution in [-0.4, -0.2) is 35.1 Å². The summed E-state index contributed by atoms with van der Waals surface area (Å²) >= 11 is 3.38. The van der Waals surface area contributed by atoms with Crippen LogP contribution in [0, 0.1) is 0 Å². The number of carbonyl (C=O) groups excluding carboxylic acids is 1. The van der Waals surface area contributed by atoms with Crippen LogP contribution in [0.25, 0.3) is 0 Å². The number of likely N-dealkylation sites (N-methyl/N-ethyl adjacent to an activating group) is 1. The number of hydrogen-bond acceptors (Lipinski definition) is 3. The van der Waals surface area contributed by atoms with Crippen LogP contribution in [0.4, 0.5) is 0 Å². The second-order valence-corrected chi connectivity index (χ2v) is 5.05. The number of nitrogens with zero attached hydrogens (tertiary/aromatic N) is 1. The van der Waals surface area contributed by atoms with E-state index in [9.17, 15) is 4.79 Å². The summed E-state index contributed by atoms with van der Waals surface area (Å²) < 4.78 is 6.41. The average molecular weight is 330 g/mol. The standard InChI is InChI=1S/C14H20BrNO3/c1-4-16(5-2)14(18)10(3)19-13-7-6-11(9-17)8-12(13)15/h6-8,10,17H,4-5,9H2,1-3H3. The summed E-state index contributed by atoms with van der Waals surface area (Å²) in [5.74, 6) is 0.577. The predicted molar refractivity (Wildman–Crippen MR) is 78.1 cm³/mol. The zero-order valence-electron chi connectivity index (χ0n) is 11.5. The molecule has 1 amide bonds. The molecule has 1 aromatic carbocycles. The second kappa shape index (κ2) is 7.50. The van der Waals surface area contributed by atoms with Crippen molar-refractivity contribution in [3.05, 3.63) is 28.2 Å². The van der Waals surface area contributed by atoms with Gasteiger partial charge in [-0.2, -0.15) is 0 Å². The van der Waals surface area contributed by atoms with Gasteiger partial charge in [-0.3, -0.25) is 4.79 Å². The Kier molecular flexibility index (Phi) is 6.31. The Bertz CT molecular complexity index is 433. The maximum absolute atomic E-state index is 12.1. The largest absolute Gasteiger partial charge is 0.480 e. The lowest BCUT2D eigenvalue weighted by Crippen LogP contribution is -2.40. The fraction of sp³-hybridized carbons (Fsp3) is 0.500. The molecule has 0 heterocycles. The van der Waals surface area contributed by atoms with Gasteiger partial charge in [0, 0.05) is 13.1 Å². The highest BCUT2D eigenvalue weighted by Gasteiger charge is 2.20. The molecule has 0 aliphatic carbocycles. The van der Waals surface area contributed by atoms with Gasteiger partial charge in [-0.1, -0.05) is 6.07 Å². The lowest BCUT2D eigenvalue weighted by atomic mass is 10.2. The Hall–Kier alpha value is -1.07. The van der Waals surface area contributed by atoms with Crippen LogP contribution in [0.3, 0.4) is 0 Å². The summed E-state index contributed by atoms with van der Waals surface area (Å²) in [6, 6.07) is 5.31. The summed E-state index contributed by atoms with van der Waals surface area (Å²) in [5.41, 5.74) is 0.793. The number of carbonyl (C=O) groups is 1. The molecule has 1 unspecified atom stereocenters. The Morgan fingerprint density at radius 1 is 1.42 bits per heavy atom. The molecule has 0 saturated heterocycles. The molecule has 1 aromatic rings. The summed E-state index contributed by atoms with van der Waals surface area (Å²) in [4.78, 5) is 13.8. The molecule has 0 spiro atoms. The van der Waals surface area contributed by atoms with Crippen molar-refractivity contribution >= 4 is 21.8 Å². The first kappa shape index (κ1) is 16.0. The lowest BCUT2D eigenvalue weighted by Gasteiger charge is -2.23. The van der Waals surface area contributed by atoms with E-state index in [0.29, 0.717) is 18.8 Å². The molecule has 0 aliphatic rings. The first-order valence-electron chi connectivity index (χ1n) is 6.38. The van der Waals surface area contributed by atoms with Gasteiger partial charge < -0.3 is 14.7 Å². The van der Waals surface area contributed by atoms with Gasteiger partial charge in [0.15, 0.2) is 6.10 Å². The van der Waals surface area contributed by atoms with E-state index >= 15 is 0 Å². The van der Waals surface area contributed by atoms with Gasteiger partial charge in [0.1, 0.15) is 5.75 Å². The van der Waals surface area contributed by atoms with Gasteiger partial charge >= 0.3 is 0 Å². The van der Waals surface area contributed by atoms with E-state index in [1.165, 1.54) is 0 Å². The summed E-state index contributed by atoms with van der Waals surface area (Å²) in [7, 11) is 0. The molecular formula is C14H20BrNO3. The quantitative estimate of drug-likeness (QED) is 0.872. The van der Waals surface area contributed by atoms with Crippen LogP contribution in [0.15, 0.2) is 22.7 Å². The van der Waals surface area contributed by atoms with Crippen molar-refractivity contribution in [1.29, 1.82) is 0 Å². The molecule has 106 valence electrons. The van der Waals surface area contributed by atoms with Crippen molar-refractivity contribution in [2.75, 3.05) is 13.1 Å². The molecule has 1 N–H and O–H groups in total. The molecule has 0 saturated carbocycles. The minimum absolute atomic E-state index is 0.0210. The van der Waals surface area contributed by atoms with Gasteiger partial charge in [0.2, 0.25) is 0 Å². The van der Waals surface area contributed by atoms with Gasteiger partial charge in [-0.05, 0) is 54.4 Å². The number of rotatable bonds is 6. The molecular weight excluding hydrogens is 310 g/mol. The number of amides is 1. The van der Waals surface area contributed by atoms with Crippen LogP contribution < -0.4 is 4.74 Å². The number of halogens is 1. The molecule has 0 aliphatic heterocycles. The zero-order valence-corrected chi connectivity index (χ0v) is 13.1. The van der Waals surface area contributed by atoms with Gasteiger partial charge in [-0.25, -0.2) is 0 Å². The van der Waals surface area contributed by atoms with Gasteiger partial charge in [0.25, 0.3) is 5.91 Å². The third kappa shape index (κ3) is 4.21. The minimum atomic E-state index is -0.531. The topological polar surface area (TPSA) is 49.8 Å². The van der Waals surface area contributed by atoms with E-state index < -0.39 is 6.10 Å². The molecule has 0 aromatic heterocycles. The molecule has 0 radical (unpaired) electrons. The Morgan fingerprint density at radius 2 is 2.05 bits per heavy atom. The maximum atomic E-state index is 12.1. The molecule has 0 fully saturated rings. The van der Waals surface area contributed by atoms with Crippen molar-refractivity contribution in [3.63, 3.8) is 0 Å². The summed E-state index contributed by atoms with van der Waals surface area (Å²) in [6.07, 6.45) is -0.531. The maximum Gasteiger partial charge on any atom is 0.263 e. The first-order valence-corrected chi connectivity index (χ1v) is 7.17. The number of benzene rings is 1. The Morgan fingerprint density at radius 3 is 2.53 bits per heavy atom. The Balaban J connectivity index is 2.76. The van der Waals surface area contributed by atoms with Crippen molar-refractivity contribution < 1.29 is 14.6 Å². The van der Waals surface area contributed by atoms with Crippen molar-refractivity contribution in [1.82, 2.24) is 4.90 Å². The monoisotopic (exact) mass is 329 g/mol. The summed E-state index contributed by atoms with van der Waals surface area (Å²) in [6.45, 7) is 6.96. The van der Waals surface area contributed by atoms with Crippen LogP contribution >= 0.6 is 15.9 Å². The molecule has 1 atom stereocenters. The number of ether oxygens (including phenoxy) is 1. The van der Waals surface area contributed by atoms with Crippen LogP contribution in [0.1, 0.15) is 26.3 Å². The second-order valence-electron chi connectivity index (χ2n) is 4.19.